The van der Waals surface area contributed by atoms with E-state index in [-0.39, 0.29) is 17.8 Å². The summed E-state index contributed by atoms with van der Waals surface area (Å²) < 4.78 is 0. The number of amides is 1. The monoisotopic (exact) mass is 335 g/mol. The van der Waals surface area contributed by atoms with Crippen molar-refractivity contribution in [1.82, 2.24) is 0 Å². The number of ketones is 1. The predicted octanol–water partition coefficient (Wildman–Crippen LogP) is 4.18. The number of Topliss-reactive ketones (excluding diaryl/α,β-unsaturated/α-hetero) is 1. The SMILES string of the molecule is CCC(=O)C1=C(O)C(=O)N(c2ccc(C)cc2C)C1c1ccccc1. The van der Waals surface area contributed by atoms with Crippen molar-refractivity contribution in [2.24, 2.45) is 0 Å². The Morgan fingerprint density at radius 3 is 2.40 bits per heavy atom. The maximum Gasteiger partial charge on any atom is 0.294 e. The van der Waals surface area contributed by atoms with Crippen LogP contribution in [0.1, 0.15) is 36.1 Å². The zero-order valence-corrected chi connectivity index (χ0v) is 14.6. The van der Waals surface area contributed by atoms with E-state index in [9.17, 15) is 14.7 Å². The van der Waals surface area contributed by atoms with Crippen LogP contribution in [0.3, 0.4) is 0 Å². The second-order valence-corrected chi connectivity index (χ2v) is 6.32. The van der Waals surface area contributed by atoms with Crippen LogP contribution in [0.15, 0.2) is 59.9 Å². The molecule has 2 aromatic carbocycles. The quantitative estimate of drug-likeness (QED) is 0.912. The van der Waals surface area contributed by atoms with Gasteiger partial charge in [-0.2, -0.15) is 0 Å². The third-order valence-corrected chi connectivity index (χ3v) is 4.56. The van der Waals surface area contributed by atoms with Gasteiger partial charge in [0.05, 0.1) is 11.6 Å². The fourth-order valence-electron chi connectivity index (χ4n) is 3.36. The van der Waals surface area contributed by atoms with Crippen molar-refractivity contribution in [1.29, 1.82) is 0 Å². The number of rotatable bonds is 4. The molecule has 1 unspecified atom stereocenters. The predicted molar refractivity (Wildman–Crippen MR) is 97.5 cm³/mol. The van der Waals surface area contributed by atoms with E-state index in [0.29, 0.717) is 5.69 Å². The fourth-order valence-corrected chi connectivity index (χ4v) is 3.36. The van der Waals surface area contributed by atoms with Gasteiger partial charge >= 0.3 is 0 Å². The molecule has 0 spiro atoms. The molecule has 0 bridgehead atoms. The Bertz CT molecular complexity index is 868. The Labute approximate surface area is 147 Å². The summed E-state index contributed by atoms with van der Waals surface area (Å²) in [6.07, 6.45) is 0.233. The average molecular weight is 335 g/mol. The van der Waals surface area contributed by atoms with E-state index >= 15 is 0 Å². The highest BCUT2D eigenvalue weighted by molar-refractivity contribution is 6.16. The van der Waals surface area contributed by atoms with Crippen molar-refractivity contribution >= 4 is 17.4 Å². The zero-order valence-electron chi connectivity index (χ0n) is 14.6. The first-order valence-electron chi connectivity index (χ1n) is 8.37. The van der Waals surface area contributed by atoms with Crippen molar-refractivity contribution in [3.8, 4) is 0 Å². The molecular formula is C21H21NO3. The van der Waals surface area contributed by atoms with Gasteiger partial charge in [-0.15, -0.1) is 0 Å². The molecule has 0 aromatic heterocycles. The van der Waals surface area contributed by atoms with E-state index in [0.717, 1.165) is 16.7 Å². The number of aliphatic hydroxyl groups is 1. The first-order chi connectivity index (χ1) is 12.0. The minimum Gasteiger partial charge on any atom is -0.503 e. The molecule has 4 heteroatoms. The summed E-state index contributed by atoms with van der Waals surface area (Å²) in [7, 11) is 0. The van der Waals surface area contributed by atoms with E-state index in [1.165, 1.54) is 4.90 Å². The lowest BCUT2D eigenvalue weighted by Crippen LogP contribution is -2.31. The van der Waals surface area contributed by atoms with Crippen LogP contribution in [-0.2, 0) is 9.59 Å². The summed E-state index contributed by atoms with van der Waals surface area (Å²) in [5.41, 5.74) is 3.70. The molecule has 3 rings (SSSR count). The van der Waals surface area contributed by atoms with Crippen LogP contribution < -0.4 is 4.90 Å². The Morgan fingerprint density at radius 2 is 1.80 bits per heavy atom. The van der Waals surface area contributed by atoms with Crippen molar-refractivity contribution in [3.63, 3.8) is 0 Å². The van der Waals surface area contributed by atoms with Crippen LogP contribution in [0.25, 0.3) is 0 Å². The van der Waals surface area contributed by atoms with Crippen molar-refractivity contribution in [2.75, 3.05) is 4.90 Å². The number of carbonyl (C=O) groups excluding carboxylic acids is 2. The van der Waals surface area contributed by atoms with Gasteiger partial charge in [-0.3, -0.25) is 14.5 Å². The first kappa shape index (κ1) is 17.0. The topological polar surface area (TPSA) is 57.6 Å². The summed E-state index contributed by atoms with van der Waals surface area (Å²) in [6, 6.07) is 14.5. The number of aryl methyl sites for hydroxylation is 2. The van der Waals surface area contributed by atoms with Crippen LogP contribution in [0.5, 0.6) is 0 Å². The molecule has 4 nitrogen and oxygen atoms in total. The molecule has 1 heterocycles. The van der Waals surface area contributed by atoms with E-state index in [1.807, 2.05) is 62.4 Å². The van der Waals surface area contributed by atoms with Crippen LogP contribution in [0, 0.1) is 13.8 Å². The molecule has 1 aliphatic heterocycles. The number of hydrogen-bond acceptors (Lipinski definition) is 3. The molecular weight excluding hydrogens is 314 g/mol. The molecule has 1 aliphatic rings. The Balaban J connectivity index is 2.20. The zero-order chi connectivity index (χ0) is 18.1. The number of hydrogen-bond donors (Lipinski definition) is 1. The largest absolute Gasteiger partial charge is 0.503 e. The summed E-state index contributed by atoms with van der Waals surface area (Å²) in [5, 5.41) is 10.4. The normalized spacial score (nSPS) is 17.3. The van der Waals surface area contributed by atoms with Gasteiger partial charge in [0, 0.05) is 12.1 Å². The summed E-state index contributed by atoms with van der Waals surface area (Å²) in [6.45, 7) is 5.64. The molecule has 0 fully saturated rings. The van der Waals surface area contributed by atoms with Gasteiger partial charge in [-0.05, 0) is 31.0 Å². The Morgan fingerprint density at radius 1 is 1.12 bits per heavy atom. The van der Waals surface area contributed by atoms with Gasteiger partial charge in [-0.1, -0.05) is 55.0 Å². The van der Waals surface area contributed by atoms with Crippen LogP contribution in [0.2, 0.25) is 0 Å². The van der Waals surface area contributed by atoms with E-state index in [4.69, 9.17) is 0 Å². The Hall–Kier alpha value is -2.88. The fraction of sp³-hybridized carbons (Fsp3) is 0.238. The van der Waals surface area contributed by atoms with Crippen molar-refractivity contribution < 1.29 is 14.7 Å². The smallest absolute Gasteiger partial charge is 0.294 e. The molecule has 128 valence electrons. The second-order valence-electron chi connectivity index (χ2n) is 6.32. The van der Waals surface area contributed by atoms with E-state index in [2.05, 4.69) is 0 Å². The third kappa shape index (κ3) is 2.84. The molecule has 0 radical (unpaired) electrons. The maximum absolute atomic E-state index is 12.8. The van der Waals surface area contributed by atoms with Crippen LogP contribution in [-0.4, -0.2) is 16.8 Å². The molecule has 25 heavy (non-hydrogen) atoms. The summed E-state index contributed by atoms with van der Waals surface area (Å²) in [5.74, 6) is -1.19. The lowest BCUT2D eigenvalue weighted by molar-refractivity contribution is -0.118. The molecule has 1 amide bonds. The van der Waals surface area contributed by atoms with Gasteiger partial charge < -0.3 is 5.11 Å². The van der Waals surface area contributed by atoms with Crippen molar-refractivity contribution in [2.45, 2.75) is 33.2 Å². The van der Waals surface area contributed by atoms with Gasteiger partial charge in [0.2, 0.25) is 0 Å². The number of carbonyl (C=O) groups is 2. The third-order valence-electron chi connectivity index (χ3n) is 4.56. The number of nitrogens with zero attached hydrogens (tertiary/aromatic N) is 1. The first-order valence-corrected chi connectivity index (χ1v) is 8.37. The van der Waals surface area contributed by atoms with E-state index in [1.54, 1.807) is 6.92 Å². The summed E-state index contributed by atoms with van der Waals surface area (Å²) in [4.78, 5) is 26.8. The number of anilines is 1. The van der Waals surface area contributed by atoms with Gasteiger partial charge in [0.1, 0.15) is 0 Å². The number of benzene rings is 2. The van der Waals surface area contributed by atoms with Gasteiger partial charge in [0.25, 0.3) is 5.91 Å². The van der Waals surface area contributed by atoms with Crippen LogP contribution >= 0.6 is 0 Å². The highest BCUT2D eigenvalue weighted by Gasteiger charge is 2.44. The maximum atomic E-state index is 12.8. The standard InChI is InChI=1S/C21H21NO3/c1-4-17(23)18-19(15-8-6-5-7-9-15)22(21(25)20(18)24)16-11-10-13(2)12-14(16)3/h5-12,19,24H,4H2,1-3H3. The second kappa shape index (κ2) is 6.55. The molecule has 1 N–H and O–H groups in total. The summed E-state index contributed by atoms with van der Waals surface area (Å²) >= 11 is 0. The lowest BCUT2D eigenvalue weighted by Gasteiger charge is -2.28. The minimum atomic E-state index is -0.609. The highest BCUT2D eigenvalue weighted by atomic mass is 16.3. The molecule has 0 aliphatic carbocycles. The molecule has 0 saturated carbocycles. The van der Waals surface area contributed by atoms with Gasteiger partial charge in [0.15, 0.2) is 11.5 Å². The van der Waals surface area contributed by atoms with Crippen LogP contribution in [0.4, 0.5) is 5.69 Å². The molecule has 0 saturated heterocycles. The van der Waals surface area contributed by atoms with E-state index < -0.39 is 17.7 Å². The average Bonchev–Trinajstić information content (AvgIpc) is 2.87. The minimum absolute atomic E-state index is 0.179. The Kier molecular flexibility index (Phi) is 4.45. The molecule has 2 aromatic rings. The highest BCUT2D eigenvalue weighted by Crippen LogP contribution is 2.42. The lowest BCUT2D eigenvalue weighted by atomic mass is 9.94. The van der Waals surface area contributed by atoms with Gasteiger partial charge in [-0.25, -0.2) is 0 Å². The van der Waals surface area contributed by atoms with Crippen molar-refractivity contribution in [3.05, 3.63) is 76.6 Å². The molecule has 1 atom stereocenters. The number of aliphatic hydroxyl groups excluding tert-OH is 1.